The summed E-state index contributed by atoms with van der Waals surface area (Å²) in [5.41, 5.74) is 1.14. The first-order valence-corrected chi connectivity index (χ1v) is 6.12. The van der Waals surface area contributed by atoms with Gasteiger partial charge in [0.1, 0.15) is 11.6 Å². The van der Waals surface area contributed by atoms with E-state index in [2.05, 4.69) is 9.84 Å². The molecule has 0 aliphatic rings. The Kier molecular flexibility index (Phi) is 3.89. The molecule has 0 spiro atoms. The van der Waals surface area contributed by atoms with Gasteiger partial charge in [0.05, 0.1) is 25.6 Å². The highest BCUT2D eigenvalue weighted by molar-refractivity contribution is 5.87. The third-order valence-electron chi connectivity index (χ3n) is 3.19. The van der Waals surface area contributed by atoms with E-state index >= 15 is 0 Å². The minimum Gasteiger partial charge on any atom is -0.463 e. The number of methoxy groups -OCH3 is 1. The van der Waals surface area contributed by atoms with Crippen LogP contribution >= 0.6 is 0 Å². The number of hydrogen-bond donors (Lipinski definition) is 0. The zero-order valence-electron chi connectivity index (χ0n) is 11.8. The first-order chi connectivity index (χ1) is 9.99. The minimum atomic E-state index is -0.632. The molecule has 0 atom stereocenters. The van der Waals surface area contributed by atoms with Crippen molar-refractivity contribution < 1.29 is 13.9 Å². The predicted molar refractivity (Wildman–Crippen MR) is 71.8 cm³/mol. The van der Waals surface area contributed by atoms with Crippen molar-refractivity contribution in [1.82, 2.24) is 9.78 Å². The fraction of sp³-hybridized carbons (Fsp3) is 0.286. The van der Waals surface area contributed by atoms with E-state index in [4.69, 9.17) is 9.68 Å². The third kappa shape index (κ3) is 2.56. The molecule has 108 valence electrons. The Bertz CT molecular complexity index is 796. The van der Waals surface area contributed by atoms with Crippen LogP contribution in [0.3, 0.4) is 0 Å². The fourth-order valence-electron chi connectivity index (χ4n) is 1.90. The van der Waals surface area contributed by atoms with Crippen LogP contribution in [0.1, 0.15) is 32.9 Å². The average molecular weight is 287 g/mol. The van der Waals surface area contributed by atoms with Gasteiger partial charge in [0, 0.05) is 5.56 Å². The van der Waals surface area contributed by atoms with E-state index in [9.17, 15) is 9.59 Å². The van der Waals surface area contributed by atoms with Gasteiger partial charge in [0.25, 0.3) is 5.56 Å². The van der Waals surface area contributed by atoms with Crippen LogP contribution in [0.5, 0.6) is 0 Å². The Labute approximate surface area is 120 Å². The Hall–Kier alpha value is -2.88. The van der Waals surface area contributed by atoms with Crippen LogP contribution < -0.4 is 5.56 Å². The van der Waals surface area contributed by atoms with Crippen molar-refractivity contribution in [3.8, 4) is 6.07 Å². The molecule has 2 rings (SSSR count). The molecule has 0 amide bonds. The standard InChI is InChI=1S/C14H13N3O4/c1-8-9(2)16-17(13(18)11(8)6-15)7-10-4-5-21-12(10)14(19)20-3/h4-5H,7H2,1-3H3. The van der Waals surface area contributed by atoms with Crippen molar-refractivity contribution in [3.63, 3.8) is 0 Å². The highest BCUT2D eigenvalue weighted by Crippen LogP contribution is 2.13. The second-order valence-corrected chi connectivity index (χ2v) is 4.43. The summed E-state index contributed by atoms with van der Waals surface area (Å²) < 4.78 is 10.8. The van der Waals surface area contributed by atoms with Crippen molar-refractivity contribution >= 4 is 5.97 Å². The zero-order valence-corrected chi connectivity index (χ0v) is 11.8. The summed E-state index contributed by atoms with van der Waals surface area (Å²) in [6.07, 6.45) is 1.33. The Morgan fingerprint density at radius 1 is 1.52 bits per heavy atom. The first-order valence-electron chi connectivity index (χ1n) is 6.12. The number of nitrogens with zero attached hydrogens (tertiary/aromatic N) is 3. The van der Waals surface area contributed by atoms with Crippen molar-refractivity contribution in [2.45, 2.75) is 20.4 Å². The molecule has 0 saturated heterocycles. The normalized spacial score (nSPS) is 10.2. The van der Waals surface area contributed by atoms with Crippen LogP contribution in [0.2, 0.25) is 0 Å². The fourth-order valence-corrected chi connectivity index (χ4v) is 1.90. The number of carbonyl (C=O) groups excluding carboxylic acids is 1. The zero-order chi connectivity index (χ0) is 15.6. The van der Waals surface area contributed by atoms with Gasteiger partial charge in [-0.1, -0.05) is 0 Å². The number of esters is 1. The molecule has 2 aromatic heterocycles. The lowest BCUT2D eigenvalue weighted by molar-refractivity contribution is 0.0563. The van der Waals surface area contributed by atoms with Crippen LogP contribution in [0.25, 0.3) is 0 Å². The van der Waals surface area contributed by atoms with Gasteiger partial charge in [-0.05, 0) is 25.5 Å². The van der Waals surface area contributed by atoms with Gasteiger partial charge in [-0.15, -0.1) is 0 Å². The molecule has 0 unspecified atom stereocenters. The molecular formula is C14H13N3O4. The molecule has 0 radical (unpaired) electrons. The molecular weight excluding hydrogens is 274 g/mol. The van der Waals surface area contributed by atoms with Crippen LogP contribution in [-0.4, -0.2) is 22.9 Å². The maximum atomic E-state index is 12.2. The molecule has 0 aliphatic heterocycles. The number of carbonyl (C=O) groups is 1. The maximum Gasteiger partial charge on any atom is 0.374 e. The number of aromatic nitrogens is 2. The van der Waals surface area contributed by atoms with Crippen molar-refractivity contribution in [1.29, 1.82) is 5.26 Å². The SMILES string of the molecule is COC(=O)c1occc1Cn1nc(C)c(C)c(C#N)c1=O. The molecule has 7 heteroatoms. The lowest BCUT2D eigenvalue weighted by Crippen LogP contribution is -2.28. The molecule has 2 aromatic rings. The molecule has 0 fully saturated rings. The molecule has 7 nitrogen and oxygen atoms in total. The van der Waals surface area contributed by atoms with E-state index in [1.165, 1.54) is 13.4 Å². The highest BCUT2D eigenvalue weighted by Gasteiger charge is 2.18. The van der Waals surface area contributed by atoms with Crippen LogP contribution in [0.4, 0.5) is 0 Å². The van der Waals surface area contributed by atoms with Crippen LogP contribution in [0, 0.1) is 25.2 Å². The number of nitriles is 1. The molecule has 0 aromatic carbocycles. The molecule has 0 bridgehead atoms. The number of aryl methyl sites for hydroxylation is 1. The summed E-state index contributed by atoms with van der Waals surface area (Å²) >= 11 is 0. The van der Waals surface area contributed by atoms with Crippen molar-refractivity contribution in [2.75, 3.05) is 7.11 Å². The van der Waals surface area contributed by atoms with Gasteiger partial charge in [-0.2, -0.15) is 10.4 Å². The van der Waals surface area contributed by atoms with Crippen LogP contribution in [0.15, 0.2) is 21.5 Å². The number of rotatable bonds is 3. The lowest BCUT2D eigenvalue weighted by atomic mass is 10.1. The quantitative estimate of drug-likeness (QED) is 0.785. The van der Waals surface area contributed by atoms with E-state index in [0.29, 0.717) is 16.8 Å². The van der Waals surface area contributed by atoms with E-state index in [1.807, 2.05) is 6.07 Å². The summed E-state index contributed by atoms with van der Waals surface area (Å²) in [5, 5.41) is 13.2. The second kappa shape index (κ2) is 5.63. The third-order valence-corrected chi connectivity index (χ3v) is 3.19. The topological polar surface area (TPSA) is 98.1 Å². The monoisotopic (exact) mass is 287 g/mol. The molecule has 21 heavy (non-hydrogen) atoms. The van der Waals surface area contributed by atoms with Gasteiger partial charge < -0.3 is 9.15 Å². The van der Waals surface area contributed by atoms with Gasteiger partial charge >= 0.3 is 5.97 Å². The largest absolute Gasteiger partial charge is 0.463 e. The summed E-state index contributed by atoms with van der Waals surface area (Å²) in [6, 6.07) is 3.44. The van der Waals surface area contributed by atoms with E-state index in [0.717, 1.165) is 4.68 Å². The van der Waals surface area contributed by atoms with Gasteiger partial charge in [-0.25, -0.2) is 9.48 Å². The minimum absolute atomic E-state index is 0.0166. The summed E-state index contributed by atoms with van der Waals surface area (Å²) in [4.78, 5) is 23.7. The summed E-state index contributed by atoms with van der Waals surface area (Å²) in [7, 11) is 1.24. The van der Waals surface area contributed by atoms with Crippen LogP contribution in [-0.2, 0) is 11.3 Å². The highest BCUT2D eigenvalue weighted by atomic mass is 16.5. The first kappa shape index (κ1) is 14.5. The van der Waals surface area contributed by atoms with E-state index in [1.54, 1.807) is 19.9 Å². The Morgan fingerprint density at radius 2 is 2.24 bits per heavy atom. The number of hydrogen-bond acceptors (Lipinski definition) is 6. The van der Waals surface area contributed by atoms with Gasteiger partial charge in [0.15, 0.2) is 0 Å². The summed E-state index contributed by atoms with van der Waals surface area (Å²) in [6.45, 7) is 3.41. The molecule has 0 saturated carbocycles. The Balaban J connectivity index is 2.49. The Morgan fingerprint density at radius 3 is 2.86 bits per heavy atom. The smallest absolute Gasteiger partial charge is 0.374 e. The van der Waals surface area contributed by atoms with Gasteiger partial charge in [0.2, 0.25) is 5.76 Å². The van der Waals surface area contributed by atoms with Crippen molar-refractivity contribution in [3.05, 3.63) is 50.8 Å². The van der Waals surface area contributed by atoms with E-state index in [-0.39, 0.29) is 17.9 Å². The van der Waals surface area contributed by atoms with Crippen molar-refractivity contribution in [2.24, 2.45) is 0 Å². The second-order valence-electron chi connectivity index (χ2n) is 4.43. The predicted octanol–water partition coefficient (Wildman–Crippen LogP) is 1.16. The molecule has 2 heterocycles. The average Bonchev–Trinajstić information content (AvgIpc) is 2.92. The van der Waals surface area contributed by atoms with E-state index < -0.39 is 11.5 Å². The van der Waals surface area contributed by atoms with Gasteiger partial charge in [-0.3, -0.25) is 4.79 Å². The maximum absolute atomic E-state index is 12.2. The molecule has 0 aliphatic carbocycles. The molecule has 0 N–H and O–H groups in total. The number of furan rings is 1. The lowest BCUT2D eigenvalue weighted by Gasteiger charge is -2.08. The number of ether oxygens (including phenoxy) is 1. The summed E-state index contributed by atoms with van der Waals surface area (Å²) in [5.74, 6) is -0.615.